The molecule has 0 aromatic rings. The van der Waals surface area contributed by atoms with Gasteiger partial charge in [-0.1, -0.05) is 70.6 Å². The molecule has 13 heteroatoms. The Hall–Kier alpha value is -2.46. The number of amides is 1. The average Bonchev–Trinajstić information content (AvgIpc) is 4.02. The molecule has 3 N–H and O–H groups in total. The predicted octanol–water partition coefficient (Wildman–Crippen LogP) is 5.16. The number of epoxide rings is 1. The lowest BCUT2D eigenvalue weighted by Crippen LogP contribution is -2.50. The van der Waals surface area contributed by atoms with Gasteiger partial charge in [-0.3, -0.25) is 4.79 Å². The van der Waals surface area contributed by atoms with Gasteiger partial charge in [0.05, 0.1) is 61.5 Å². The number of methoxy groups -OCH3 is 4. The minimum absolute atomic E-state index is 0.0676. The van der Waals surface area contributed by atoms with Gasteiger partial charge in [-0.15, -0.1) is 0 Å². The van der Waals surface area contributed by atoms with E-state index in [9.17, 15) is 24.9 Å². The van der Waals surface area contributed by atoms with Crippen LogP contribution in [-0.4, -0.2) is 141 Å². The zero-order valence-corrected chi connectivity index (χ0v) is 36.9. The van der Waals surface area contributed by atoms with Crippen molar-refractivity contribution in [1.82, 2.24) is 4.90 Å². The van der Waals surface area contributed by atoms with Gasteiger partial charge in [0.15, 0.2) is 0 Å². The lowest BCUT2D eigenvalue weighted by molar-refractivity contribution is -0.159. The predicted molar refractivity (Wildman–Crippen MR) is 222 cm³/mol. The molecule has 3 aliphatic rings. The number of rotatable bonds is 16. The maximum atomic E-state index is 13.5. The third kappa shape index (κ3) is 14.1. The smallest absolute Gasteiger partial charge is 0.331 e. The van der Waals surface area contributed by atoms with Crippen LogP contribution in [0.5, 0.6) is 0 Å². The molecular formula is C45H75NO12. The van der Waals surface area contributed by atoms with Gasteiger partial charge in [-0.05, 0) is 38.5 Å². The lowest BCUT2D eigenvalue weighted by atomic mass is 9.78. The molecule has 1 amide bonds. The largest absolute Gasteiger partial charge is 0.458 e. The van der Waals surface area contributed by atoms with E-state index in [-0.39, 0.29) is 48.1 Å². The summed E-state index contributed by atoms with van der Waals surface area (Å²) in [6, 6.07) is 0. The summed E-state index contributed by atoms with van der Waals surface area (Å²) in [6.45, 7) is 12.0. The second-order valence-corrected chi connectivity index (χ2v) is 17.1. The zero-order valence-electron chi connectivity index (χ0n) is 36.9. The van der Waals surface area contributed by atoms with Crippen LogP contribution in [-0.2, 0) is 42.7 Å². The summed E-state index contributed by atoms with van der Waals surface area (Å²) in [6.07, 6.45) is 11.9. The molecule has 13 nitrogen and oxygen atoms in total. The van der Waals surface area contributed by atoms with Gasteiger partial charge in [0.25, 0.3) is 0 Å². The second-order valence-electron chi connectivity index (χ2n) is 17.1. The van der Waals surface area contributed by atoms with E-state index in [1.165, 1.54) is 11.0 Å². The molecule has 58 heavy (non-hydrogen) atoms. The molecule has 1 spiro atoms. The van der Waals surface area contributed by atoms with Crippen molar-refractivity contribution >= 4 is 12.4 Å². The monoisotopic (exact) mass is 822 g/mol. The van der Waals surface area contributed by atoms with Crippen LogP contribution in [0.3, 0.4) is 0 Å². The number of aliphatic hydroxyl groups excluding tert-OH is 3. The fraction of sp³-hybridized carbons (Fsp3) is 0.778. The highest BCUT2D eigenvalue weighted by Gasteiger charge is 2.59. The Morgan fingerprint density at radius 1 is 0.983 bits per heavy atom. The molecule has 0 saturated carbocycles. The number of fused-ring (bicyclic) bond motifs is 2. The Balaban J connectivity index is 1.86. The average molecular weight is 822 g/mol. The molecule has 0 unspecified atom stereocenters. The number of hydrogen-bond donors (Lipinski definition) is 3. The molecule has 332 valence electrons. The standard InChI is InChI=1S/C45H75NO12/c1-28-15-18-34(48)23-35-13-12-14-36(57-35)24-39(53-9)45(26-56-45)40(54-10)25-38(52-8)32(5)44(58-41(50)20-16-28)33(6)42(51)29(2)17-19-37(49)31(4)43(55-11)30(3)21-22-46(7)27-47/h12-13,15-16,20-22,27,29-40,42-44,48-49,51H,14,17-19,23-26H2,1-11H3/b20-16?,22-21+,28-15+/t29-,30+,31-,32-,33-,34-,35-,36-,37-,38+,39-,40-,42-,43+,44-,45-/m0/s1. The van der Waals surface area contributed by atoms with Crippen LogP contribution in [0.4, 0.5) is 0 Å². The van der Waals surface area contributed by atoms with Gasteiger partial charge in [-0.25, -0.2) is 4.79 Å². The number of hydrogen-bond acceptors (Lipinski definition) is 12. The van der Waals surface area contributed by atoms with Gasteiger partial charge >= 0.3 is 5.97 Å². The summed E-state index contributed by atoms with van der Waals surface area (Å²) in [5, 5.41) is 34.0. The summed E-state index contributed by atoms with van der Waals surface area (Å²) < 4.78 is 43.0. The zero-order chi connectivity index (χ0) is 43.2. The van der Waals surface area contributed by atoms with Crippen molar-refractivity contribution < 1.29 is 58.1 Å². The van der Waals surface area contributed by atoms with Crippen LogP contribution in [0.2, 0.25) is 0 Å². The van der Waals surface area contributed by atoms with E-state index in [0.717, 1.165) is 18.4 Å². The molecule has 2 bridgehead atoms. The maximum absolute atomic E-state index is 13.5. The fourth-order valence-electron chi connectivity index (χ4n) is 8.80. The van der Waals surface area contributed by atoms with E-state index in [1.54, 1.807) is 47.8 Å². The molecule has 0 aromatic heterocycles. The number of ether oxygens (including phenoxy) is 7. The normalized spacial score (nSPS) is 34.9. The van der Waals surface area contributed by atoms with Crippen LogP contribution >= 0.6 is 0 Å². The summed E-state index contributed by atoms with van der Waals surface area (Å²) in [7, 11) is 8.21. The van der Waals surface area contributed by atoms with Gasteiger partial charge in [0.1, 0.15) is 11.7 Å². The number of allylic oxidation sites excluding steroid dienone is 2. The number of nitrogens with zero attached hydrogens (tertiary/aromatic N) is 1. The fourth-order valence-corrected chi connectivity index (χ4v) is 8.80. The van der Waals surface area contributed by atoms with Crippen LogP contribution in [0, 0.1) is 29.6 Å². The van der Waals surface area contributed by atoms with Crippen LogP contribution < -0.4 is 0 Å². The Labute approximate surface area is 347 Å². The molecule has 3 heterocycles. The summed E-state index contributed by atoms with van der Waals surface area (Å²) in [4.78, 5) is 26.0. The third-order valence-corrected chi connectivity index (χ3v) is 12.8. The number of carbonyl (C=O) groups is 2. The number of carbonyl (C=O) groups excluding carboxylic acids is 2. The SMILES string of the molecule is CO[C@@H]([C@@H](C)[C@@H](O)CC[C@H](C)[C@H](O)[C@H](C)[C@H]1OC(=O)C=C/C(C)=C/C[C@H](O)C[C@@H]2C=CC[C@@H](C[C@H](OC)[C@@]3(CO3)[C@@H](OC)C[C@@H](OC)[C@@H]1C)O2)[C@H](C)/C=C/N(C)C=O. The summed E-state index contributed by atoms with van der Waals surface area (Å²) in [5.74, 6) is -2.02. The van der Waals surface area contributed by atoms with Crippen LogP contribution in [0.15, 0.2) is 48.2 Å². The van der Waals surface area contributed by atoms with Crippen molar-refractivity contribution in [3.63, 3.8) is 0 Å². The number of esters is 1. The number of aliphatic hydroxyl groups is 3. The Morgan fingerprint density at radius 2 is 1.66 bits per heavy atom. The first-order valence-electron chi connectivity index (χ1n) is 21.1. The first-order valence-corrected chi connectivity index (χ1v) is 21.1. The van der Waals surface area contributed by atoms with Crippen molar-refractivity contribution in [1.29, 1.82) is 0 Å². The van der Waals surface area contributed by atoms with Crippen molar-refractivity contribution in [2.75, 3.05) is 42.1 Å². The Kier molecular flexibility index (Phi) is 20.7. The van der Waals surface area contributed by atoms with E-state index in [1.807, 2.05) is 59.8 Å². The molecule has 0 aliphatic carbocycles. The quantitative estimate of drug-likeness (QED) is 0.0812. The minimum atomic E-state index is -0.889. The topological polar surface area (TPSA) is 166 Å². The first-order chi connectivity index (χ1) is 27.5. The van der Waals surface area contributed by atoms with Gasteiger partial charge < -0.3 is 53.4 Å². The summed E-state index contributed by atoms with van der Waals surface area (Å²) >= 11 is 0. The van der Waals surface area contributed by atoms with Crippen LogP contribution in [0.1, 0.15) is 86.5 Å². The molecule has 3 aliphatic heterocycles. The molecule has 1 fully saturated rings. The molecular weight excluding hydrogens is 746 g/mol. The lowest BCUT2D eigenvalue weighted by Gasteiger charge is -2.39. The molecule has 3 rings (SSSR count). The van der Waals surface area contributed by atoms with E-state index >= 15 is 0 Å². The van der Waals surface area contributed by atoms with Gasteiger partial charge in [0, 0.05) is 90.7 Å². The molecule has 0 radical (unpaired) electrons. The Bertz CT molecular complexity index is 1360. The van der Waals surface area contributed by atoms with Crippen molar-refractivity contribution in [2.45, 2.75) is 153 Å². The third-order valence-electron chi connectivity index (χ3n) is 12.8. The van der Waals surface area contributed by atoms with E-state index in [4.69, 9.17) is 33.2 Å². The molecule has 1 saturated heterocycles. The van der Waals surface area contributed by atoms with Gasteiger partial charge in [0.2, 0.25) is 6.41 Å². The van der Waals surface area contributed by atoms with E-state index in [2.05, 4.69) is 6.08 Å². The highest BCUT2D eigenvalue weighted by molar-refractivity contribution is 5.82. The van der Waals surface area contributed by atoms with E-state index in [0.29, 0.717) is 45.1 Å². The second kappa shape index (κ2) is 24.1. The number of cyclic esters (lactones) is 1. The first kappa shape index (κ1) is 49.9. The highest BCUT2D eigenvalue weighted by atomic mass is 16.6. The molecule has 0 aromatic carbocycles. The van der Waals surface area contributed by atoms with Crippen molar-refractivity contribution in [3.8, 4) is 0 Å². The highest BCUT2D eigenvalue weighted by Crippen LogP contribution is 2.43. The van der Waals surface area contributed by atoms with Crippen LogP contribution in [0.25, 0.3) is 0 Å². The van der Waals surface area contributed by atoms with Gasteiger partial charge in [-0.2, -0.15) is 0 Å². The van der Waals surface area contributed by atoms with E-state index < -0.39 is 54.1 Å². The minimum Gasteiger partial charge on any atom is -0.458 e. The summed E-state index contributed by atoms with van der Waals surface area (Å²) in [5.41, 5.74) is 0.0593. The Morgan fingerprint density at radius 3 is 2.26 bits per heavy atom. The molecule has 16 atom stereocenters. The maximum Gasteiger partial charge on any atom is 0.331 e. The van der Waals surface area contributed by atoms with Crippen molar-refractivity contribution in [3.05, 3.63) is 48.2 Å². The van der Waals surface area contributed by atoms with Crippen molar-refractivity contribution in [2.24, 2.45) is 29.6 Å².